The number of amides is 3. The predicted octanol–water partition coefficient (Wildman–Crippen LogP) is -0.731. The molecule has 0 spiro atoms. The molecule has 37 heavy (non-hydrogen) atoms. The first-order chi connectivity index (χ1) is 17.5. The quantitative estimate of drug-likeness (QED) is 0.104. The van der Waals surface area contributed by atoms with Gasteiger partial charge in [0, 0.05) is 59.7 Å². The zero-order chi connectivity index (χ0) is 27.7. The Morgan fingerprint density at radius 3 is 1.76 bits per heavy atom. The first-order valence-electron chi connectivity index (χ1n) is 10.5. The van der Waals surface area contributed by atoms with Gasteiger partial charge in [-0.3, -0.25) is 34.6 Å². The number of nitrogens with one attached hydrogen (secondary N) is 3. The van der Waals surface area contributed by atoms with E-state index in [-0.39, 0.29) is 28.8 Å². The number of nitro benzene ring substituents is 2. The van der Waals surface area contributed by atoms with Gasteiger partial charge in [0.2, 0.25) is 0 Å². The minimum Gasteiger partial charge on any atom is -0.396 e. The zero-order valence-corrected chi connectivity index (χ0v) is 19.0. The normalized spacial score (nSPS) is 11.5. The van der Waals surface area contributed by atoms with E-state index >= 15 is 0 Å². The molecule has 16 heteroatoms. The lowest BCUT2D eigenvalue weighted by atomic mass is 10.1. The van der Waals surface area contributed by atoms with Crippen LogP contribution in [-0.4, -0.2) is 80.1 Å². The first-order valence-corrected chi connectivity index (χ1v) is 10.5. The molecule has 198 valence electrons. The molecule has 2 aromatic carbocycles. The topological polar surface area (TPSA) is 254 Å². The number of aliphatic hydroxyl groups is 4. The van der Waals surface area contributed by atoms with E-state index in [9.17, 15) is 39.7 Å². The number of hydrogen-bond acceptors (Lipinski definition) is 11. The van der Waals surface area contributed by atoms with Crippen LogP contribution >= 0.6 is 0 Å². The monoisotopic (exact) mass is 521 g/mol. The summed E-state index contributed by atoms with van der Waals surface area (Å²) in [5.74, 6) is -2.90. The van der Waals surface area contributed by atoms with Crippen molar-refractivity contribution in [1.82, 2.24) is 10.6 Å². The van der Waals surface area contributed by atoms with E-state index in [0.29, 0.717) is 0 Å². The van der Waals surface area contributed by atoms with Crippen LogP contribution in [0.5, 0.6) is 0 Å². The van der Waals surface area contributed by atoms with E-state index in [1.54, 1.807) is 0 Å². The van der Waals surface area contributed by atoms with Gasteiger partial charge in [0.15, 0.2) is 0 Å². The third-order valence-electron chi connectivity index (χ3n) is 4.78. The maximum absolute atomic E-state index is 12.8. The van der Waals surface area contributed by atoms with Crippen LogP contribution in [0.15, 0.2) is 36.4 Å². The van der Waals surface area contributed by atoms with E-state index in [1.807, 2.05) is 0 Å². The fraction of sp³-hybridized carbons (Fsp3) is 0.286. The summed E-state index contributed by atoms with van der Waals surface area (Å²) in [5.41, 5.74) is -2.54. The Bertz CT molecular complexity index is 1200. The zero-order valence-electron chi connectivity index (χ0n) is 19.0. The van der Waals surface area contributed by atoms with E-state index in [4.69, 9.17) is 15.3 Å². The Kier molecular flexibility index (Phi) is 10.1. The smallest absolute Gasteiger partial charge is 0.272 e. The van der Waals surface area contributed by atoms with Gasteiger partial charge in [-0.05, 0) is 12.1 Å². The van der Waals surface area contributed by atoms with Gasteiger partial charge in [0.1, 0.15) is 6.23 Å². The summed E-state index contributed by atoms with van der Waals surface area (Å²) in [6, 6.07) is 4.48. The Morgan fingerprint density at radius 1 is 0.757 bits per heavy atom. The number of non-ortho nitro benzene ring substituents is 2. The molecule has 7 N–H and O–H groups in total. The largest absolute Gasteiger partial charge is 0.396 e. The Balaban J connectivity index is 2.40. The number of hydrogen-bond donors (Lipinski definition) is 7. The Labute approximate surface area is 207 Å². The van der Waals surface area contributed by atoms with Crippen LogP contribution in [-0.2, 0) is 0 Å². The second-order valence-corrected chi connectivity index (χ2v) is 7.54. The van der Waals surface area contributed by atoms with Crippen LogP contribution in [0.1, 0.15) is 37.5 Å². The molecule has 0 radical (unpaired) electrons. The number of nitro groups is 2. The molecule has 0 saturated carbocycles. The van der Waals surface area contributed by atoms with Gasteiger partial charge < -0.3 is 36.4 Å². The highest BCUT2D eigenvalue weighted by Crippen LogP contribution is 2.23. The summed E-state index contributed by atoms with van der Waals surface area (Å²) in [4.78, 5) is 58.5. The minimum absolute atomic E-state index is 0.204. The fourth-order valence-corrected chi connectivity index (χ4v) is 2.95. The molecule has 0 aliphatic rings. The number of aliphatic hydroxyl groups excluding tert-OH is 4. The maximum atomic E-state index is 12.8. The number of carbonyl (C=O) groups excluding carboxylic acids is 3. The molecule has 2 rings (SSSR count). The molecule has 0 aromatic heterocycles. The van der Waals surface area contributed by atoms with Gasteiger partial charge in [-0.2, -0.15) is 0 Å². The van der Waals surface area contributed by atoms with Crippen LogP contribution in [0.2, 0.25) is 0 Å². The molecule has 3 amide bonds. The number of carbonyl (C=O) groups is 3. The Morgan fingerprint density at radius 2 is 1.24 bits per heavy atom. The average molecular weight is 521 g/mol. The van der Waals surface area contributed by atoms with Crippen molar-refractivity contribution in [2.45, 2.75) is 18.7 Å². The second-order valence-electron chi connectivity index (χ2n) is 7.54. The highest BCUT2D eigenvalue weighted by molar-refractivity contribution is 6.07. The summed E-state index contributed by atoms with van der Waals surface area (Å²) >= 11 is 0. The lowest BCUT2D eigenvalue weighted by molar-refractivity contribution is -0.385. The molecular formula is C21H23N5O11. The van der Waals surface area contributed by atoms with Gasteiger partial charge in [0.05, 0.1) is 29.1 Å². The number of anilines is 1. The van der Waals surface area contributed by atoms with Crippen molar-refractivity contribution in [3.63, 3.8) is 0 Å². The molecule has 1 atom stereocenters. The first kappa shape index (κ1) is 28.7. The lowest BCUT2D eigenvalue weighted by Crippen LogP contribution is -2.40. The summed E-state index contributed by atoms with van der Waals surface area (Å²) in [6.45, 7) is -1.68. The molecule has 2 aromatic rings. The van der Waals surface area contributed by atoms with Crippen molar-refractivity contribution in [2.24, 2.45) is 0 Å². The molecular weight excluding hydrogens is 498 g/mol. The lowest BCUT2D eigenvalue weighted by Gasteiger charge is -2.14. The molecule has 0 bridgehead atoms. The van der Waals surface area contributed by atoms with E-state index in [1.165, 1.54) is 0 Å². The van der Waals surface area contributed by atoms with Gasteiger partial charge in [0.25, 0.3) is 29.1 Å². The highest BCUT2D eigenvalue weighted by Gasteiger charge is 2.22. The van der Waals surface area contributed by atoms with Gasteiger partial charge >= 0.3 is 0 Å². The highest BCUT2D eigenvalue weighted by atomic mass is 16.6. The SMILES string of the molecule is O=C(Nc1cc(C(=O)NC(O)CCO)cc([N+](=O)[O-])c1)c1cc(C(=O)NC(CO)CO)cc([N+](=O)[O-])c1. The van der Waals surface area contributed by atoms with Crippen LogP contribution in [0.4, 0.5) is 17.1 Å². The average Bonchev–Trinajstić information content (AvgIpc) is 2.86. The number of rotatable bonds is 12. The van der Waals surface area contributed by atoms with Crippen molar-refractivity contribution < 1.29 is 44.7 Å². The summed E-state index contributed by atoms with van der Waals surface area (Å²) in [7, 11) is 0. The van der Waals surface area contributed by atoms with Crippen molar-refractivity contribution >= 4 is 34.8 Å². The summed E-state index contributed by atoms with van der Waals surface area (Å²) in [5, 5.41) is 65.9. The van der Waals surface area contributed by atoms with Crippen molar-refractivity contribution in [3.8, 4) is 0 Å². The van der Waals surface area contributed by atoms with E-state index in [0.717, 1.165) is 36.4 Å². The van der Waals surface area contributed by atoms with Crippen molar-refractivity contribution in [1.29, 1.82) is 0 Å². The van der Waals surface area contributed by atoms with E-state index < -0.39 is 71.0 Å². The summed E-state index contributed by atoms with van der Waals surface area (Å²) in [6.07, 6.45) is -1.65. The second kappa shape index (κ2) is 13.0. The third kappa shape index (κ3) is 8.00. The summed E-state index contributed by atoms with van der Waals surface area (Å²) < 4.78 is 0. The number of benzene rings is 2. The van der Waals surface area contributed by atoms with Crippen LogP contribution in [0, 0.1) is 20.2 Å². The Hall–Kier alpha value is -4.51. The van der Waals surface area contributed by atoms with Crippen LogP contribution in [0.25, 0.3) is 0 Å². The van der Waals surface area contributed by atoms with Crippen LogP contribution in [0.3, 0.4) is 0 Å². The van der Waals surface area contributed by atoms with E-state index in [2.05, 4.69) is 16.0 Å². The molecule has 16 nitrogen and oxygen atoms in total. The molecule has 0 heterocycles. The molecule has 1 unspecified atom stereocenters. The molecule has 0 aliphatic heterocycles. The molecule has 0 aliphatic carbocycles. The van der Waals surface area contributed by atoms with Gasteiger partial charge in [-0.25, -0.2) is 0 Å². The predicted molar refractivity (Wildman–Crippen MR) is 125 cm³/mol. The number of nitrogens with zero attached hydrogens (tertiary/aromatic N) is 2. The third-order valence-corrected chi connectivity index (χ3v) is 4.78. The maximum Gasteiger partial charge on any atom is 0.272 e. The van der Waals surface area contributed by atoms with Gasteiger partial charge in [-0.15, -0.1) is 0 Å². The fourth-order valence-electron chi connectivity index (χ4n) is 2.95. The van der Waals surface area contributed by atoms with Crippen molar-refractivity contribution in [3.05, 3.63) is 73.3 Å². The standard InChI is InChI=1S/C21H23N5O11/c27-2-1-18(30)24-21(33)13-4-14(8-17(7-13)26(36)37)22-19(31)11-3-12(6-16(5-11)25(34)35)20(32)23-15(9-28)10-29/h3-8,15,18,27-30H,1-2,9-10H2,(H,22,31)(H,23,32)(H,24,33). The van der Waals surface area contributed by atoms with Gasteiger partial charge in [-0.1, -0.05) is 0 Å². The molecule has 0 fully saturated rings. The van der Waals surface area contributed by atoms with Crippen LogP contribution < -0.4 is 16.0 Å². The minimum atomic E-state index is -1.44. The van der Waals surface area contributed by atoms with Crippen molar-refractivity contribution in [2.75, 3.05) is 25.1 Å². The molecule has 0 saturated heterocycles.